The Morgan fingerprint density at radius 1 is 1.30 bits per heavy atom. The smallest absolute Gasteiger partial charge is 0.338 e. The van der Waals surface area contributed by atoms with Gasteiger partial charge in [-0.05, 0) is 12.5 Å². The predicted octanol–water partition coefficient (Wildman–Crippen LogP) is 0.689. The van der Waals surface area contributed by atoms with E-state index in [-0.39, 0.29) is 6.61 Å². The Bertz CT molecular complexity index is 437. The van der Waals surface area contributed by atoms with Gasteiger partial charge in [-0.1, -0.05) is 24.3 Å². The molecule has 0 spiro atoms. The van der Waals surface area contributed by atoms with E-state index in [1.165, 1.54) is 0 Å². The van der Waals surface area contributed by atoms with E-state index in [1.807, 2.05) is 0 Å². The van der Waals surface area contributed by atoms with Gasteiger partial charge in [0.1, 0.15) is 6.10 Å². The Labute approximate surface area is 116 Å². The van der Waals surface area contributed by atoms with Crippen LogP contribution in [0, 0.1) is 0 Å². The monoisotopic (exact) mass is 282 g/mol. The fraction of sp³-hybridized carbons (Fsp3) is 0.500. The topological polar surface area (TPSA) is 85.2 Å². The van der Waals surface area contributed by atoms with Gasteiger partial charge >= 0.3 is 5.97 Å². The van der Waals surface area contributed by atoms with Gasteiger partial charge in [-0.2, -0.15) is 0 Å². The normalized spacial score (nSPS) is 18.8. The highest BCUT2D eigenvalue weighted by atomic mass is 16.7. The lowest BCUT2D eigenvalue weighted by Crippen LogP contribution is -2.29. The number of benzene rings is 1. The Balaban J connectivity index is 2.03. The molecule has 1 fully saturated rings. The van der Waals surface area contributed by atoms with Crippen molar-refractivity contribution in [3.8, 4) is 0 Å². The minimum absolute atomic E-state index is 0.151. The van der Waals surface area contributed by atoms with Gasteiger partial charge in [-0.25, -0.2) is 4.79 Å². The third-order valence-electron chi connectivity index (χ3n) is 3.00. The fourth-order valence-electron chi connectivity index (χ4n) is 1.94. The van der Waals surface area contributed by atoms with Crippen LogP contribution in [0.25, 0.3) is 0 Å². The van der Waals surface area contributed by atoms with Crippen molar-refractivity contribution in [3.63, 3.8) is 0 Å². The van der Waals surface area contributed by atoms with Gasteiger partial charge in [0.15, 0.2) is 12.4 Å². The first-order chi connectivity index (χ1) is 9.63. The zero-order chi connectivity index (χ0) is 14.5. The summed E-state index contributed by atoms with van der Waals surface area (Å²) < 4.78 is 15.4. The second-order valence-corrected chi connectivity index (χ2v) is 4.38. The van der Waals surface area contributed by atoms with Gasteiger partial charge in [-0.3, -0.25) is 0 Å². The van der Waals surface area contributed by atoms with Gasteiger partial charge in [0, 0.05) is 5.56 Å². The molecule has 6 heteroatoms. The maximum absolute atomic E-state index is 11.4. The van der Waals surface area contributed by atoms with Crippen LogP contribution in [-0.2, 0) is 19.0 Å². The van der Waals surface area contributed by atoms with E-state index in [4.69, 9.17) is 9.47 Å². The first kappa shape index (κ1) is 14.9. The van der Waals surface area contributed by atoms with Crippen molar-refractivity contribution in [1.29, 1.82) is 0 Å². The van der Waals surface area contributed by atoms with Crippen LogP contribution in [0.4, 0.5) is 0 Å². The van der Waals surface area contributed by atoms with Crippen LogP contribution < -0.4 is 0 Å². The van der Waals surface area contributed by atoms with Crippen LogP contribution in [0.1, 0.15) is 30.4 Å². The Morgan fingerprint density at radius 2 is 1.90 bits per heavy atom. The maximum atomic E-state index is 11.4. The molecule has 0 radical (unpaired) electrons. The summed E-state index contributed by atoms with van der Waals surface area (Å²) in [6.07, 6.45) is -3.32. The lowest BCUT2D eigenvalue weighted by Gasteiger charge is -2.17. The molecule has 1 aromatic rings. The number of rotatable bonds is 5. The summed E-state index contributed by atoms with van der Waals surface area (Å²) in [5, 5.41) is 19.6. The number of hydrogen-bond acceptors (Lipinski definition) is 6. The van der Waals surface area contributed by atoms with Crippen LogP contribution in [0.3, 0.4) is 0 Å². The Hall–Kier alpha value is -1.47. The highest BCUT2D eigenvalue weighted by Crippen LogP contribution is 2.25. The molecule has 6 nitrogen and oxygen atoms in total. The van der Waals surface area contributed by atoms with Gasteiger partial charge in [-0.15, -0.1) is 0 Å². The lowest BCUT2D eigenvalue weighted by atomic mass is 10.0. The minimum Gasteiger partial charge on any atom is -0.464 e. The van der Waals surface area contributed by atoms with Gasteiger partial charge in [0.05, 0.1) is 19.8 Å². The molecule has 0 bridgehead atoms. The van der Waals surface area contributed by atoms with Crippen LogP contribution >= 0.6 is 0 Å². The van der Waals surface area contributed by atoms with Crippen molar-refractivity contribution < 1.29 is 29.2 Å². The van der Waals surface area contributed by atoms with Gasteiger partial charge in [0.25, 0.3) is 0 Å². The number of aliphatic hydroxyl groups excluding tert-OH is 2. The van der Waals surface area contributed by atoms with Crippen molar-refractivity contribution in [2.45, 2.75) is 25.4 Å². The third-order valence-corrected chi connectivity index (χ3v) is 3.00. The summed E-state index contributed by atoms with van der Waals surface area (Å²) in [6, 6.07) is 6.69. The number of ether oxygens (including phenoxy) is 3. The predicted molar refractivity (Wildman–Crippen MR) is 68.7 cm³/mol. The van der Waals surface area contributed by atoms with Crippen molar-refractivity contribution >= 4 is 5.97 Å². The molecule has 110 valence electrons. The summed E-state index contributed by atoms with van der Waals surface area (Å²) in [6.45, 7) is 2.89. The van der Waals surface area contributed by atoms with E-state index in [9.17, 15) is 15.0 Å². The van der Waals surface area contributed by atoms with Crippen molar-refractivity contribution in [2.75, 3.05) is 19.8 Å². The maximum Gasteiger partial charge on any atom is 0.338 e. The molecule has 0 aliphatic carbocycles. The van der Waals surface area contributed by atoms with Crippen molar-refractivity contribution in [1.82, 2.24) is 0 Å². The molecule has 2 N–H and O–H groups in total. The Kier molecular flexibility index (Phi) is 5.08. The van der Waals surface area contributed by atoms with E-state index in [1.54, 1.807) is 31.2 Å². The molecule has 2 unspecified atom stereocenters. The minimum atomic E-state index is -1.60. The number of aliphatic hydroxyl groups is 2. The van der Waals surface area contributed by atoms with Crippen molar-refractivity contribution in [2.24, 2.45) is 0 Å². The van der Waals surface area contributed by atoms with Gasteiger partial charge in [0.2, 0.25) is 0 Å². The van der Waals surface area contributed by atoms with Crippen LogP contribution in [0.15, 0.2) is 24.3 Å². The standard InChI is InChI=1S/C14H18O6/c1-2-18-13(17)12(16)11(15)9-3-5-10(6-4-9)14-19-7-8-20-14/h3-6,11-12,14-16H,2,7-8H2,1H3. The van der Waals surface area contributed by atoms with Gasteiger partial charge < -0.3 is 24.4 Å². The second-order valence-electron chi connectivity index (χ2n) is 4.38. The molecule has 1 aromatic carbocycles. The quantitative estimate of drug-likeness (QED) is 0.773. The van der Waals surface area contributed by atoms with Crippen LogP contribution in [0.5, 0.6) is 0 Å². The summed E-state index contributed by atoms with van der Waals surface area (Å²) in [5.41, 5.74) is 1.25. The Morgan fingerprint density at radius 3 is 2.45 bits per heavy atom. The summed E-state index contributed by atoms with van der Waals surface area (Å²) in [4.78, 5) is 11.4. The van der Waals surface area contributed by atoms with E-state index >= 15 is 0 Å². The van der Waals surface area contributed by atoms with Crippen LogP contribution in [0.2, 0.25) is 0 Å². The second kappa shape index (κ2) is 6.81. The van der Waals surface area contributed by atoms with Crippen molar-refractivity contribution in [3.05, 3.63) is 35.4 Å². The summed E-state index contributed by atoms with van der Waals surface area (Å²) in [5.74, 6) is -0.841. The first-order valence-electron chi connectivity index (χ1n) is 6.49. The van der Waals surface area contributed by atoms with E-state index < -0.39 is 24.5 Å². The molecule has 0 saturated carbocycles. The molecule has 0 amide bonds. The largest absolute Gasteiger partial charge is 0.464 e. The SMILES string of the molecule is CCOC(=O)C(O)C(O)c1ccc(C2OCCO2)cc1. The van der Waals surface area contributed by atoms with E-state index in [2.05, 4.69) is 4.74 Å². The molecular weight excluding hydrogens is 264 g/mol. The van der Waals surface area contributed by atoms with E-state index in [0.717, 1.165) is 5.56 Å². The molecule has 0 aromatic heterocycles. The molecule has 1 heterocycles. The zero-order valence-corrected chi connectivity index (χ0v) is 11.2. The molecule has 1 saturated heterocycles. The number of esters is 1. The highest BCUT2D eigenvalue weighted by molar-refractivity contribution is 5.75. The van der Waals surface area contributed by atoms with Crippen LogP contribution in [-0.4, -0.2) is 42.1 Å². The first-order valence-corrected chi connectivity index (χ1v) is 6.49. The molecule has 20 heavy (non-hydrogen) atoms. The van der Waals surface area contributed by atoms with E-state index in [0.29, 0.717) is 18.8 Å². The average molecular weight is 282 g/mol. The summed E-state index contributed by atoms with van der Waals surface area (Å²) in [7, 11) is 0. The lowest BCUT2D eigenvalue weighted by molar-refractivity contribution is -0.159. The molecule has 1 aliphatic heterocycles. The molecule has 2 atom stereocenters. The molecular formula is C14H18O6. The summed E-state index contributed by atoms with van der Waals surface area (Å²) >= 11 is 0. The zero-order valence-electron chi connectivity index (χ0n) is 11.2. The number of carbonyl (C=O) groups excluding carboxylic acids is 1. The average Bonchev–Trinajstić information content (AvgIpc) is 3.00. The number of hydrogen-bond donors (Lipinski definition) is 2. The number of carbonyl (C=O) groups is 1. The highest BCUT2D eigenvalue weighted by Gasteiger charge is 2.27. The third kappa shape index (κ3) is 3.34. The molecule has 2 rings (SSSR count). The molecule has 1 aliphatic rings. The fourth-order valence-corrected chi connectivity index (χ4v) is 1.94.